The van der Waals surface area contributed by atoms with Crippen LogP contribution in [0.1, 0.15) is 52.9 Å². The molecule has 0 bridgehead atoms. The van der Waals surface area contributed by atoms with Gasteiger partial charge in [-0.25, -0.2) is 9.97 Å². The van der Waals surface area contributed by atoms with Crippen molar-refractivity contribution in [2.24, 2.45) is 0 Å². The number of hydrogen-bond acceptors (Lipinski definition) is 7. The summed E-state index contributed by atoms with van der Waals surface area (Å²) in [5, 5.41) is 7.17. The van der Waals surface area contributed by atoms with Gasteiger partial charge >= 0.3 is 0 Å². The molecule has 0 spiro atoms. The molecule has 8 nitrogen and oxygen atoms in total. The smallest absolute Gasteiger partial charge is 0.227 e. The van der Waals surface area contributed by atoms with Gasteiger partial charge in [0.25, 0.3) is 0 Å². The van der Waals surface area contributed by atoms with Gasteiger partial charge in [-0.15, -0.1) is 0 Å². The third-order valence-electron chi connectivity index (χ3n) is 5.73. The monoisotopic (exact) mass is 420 g/mol. The SMILES string of the molecule is Cc1cc(C)nc(Nc2ccc([C@@H]3CCCN(C(=O)Cc4c(C)noc4C)C3)nc2)n1. The van der Waals surface area contributed by atoms with Gasteiger partial charge in [0.1, 0.15) is 5.76 Å². The highest BCUT2D eigenvalue weighted by Gasteiger charge is 2.26. The van der Waals surface area contributed by atoms with Crippen LogP contribution < -0.4 is 5.32 Å². The average molecular weight is 421 g/mol. The van der Waals surface area contributed by atoms with Crippen LogP contribution in [0.15, 0.2) is 28.9 Å². The molecule has 1 aliphatic heterocycles. The summed E-state index contributed by atoms with van der Waals surface area (Å²) in [6, 6.07) is 5.96. The molecule has 162 valence electrons. The second-order valence-corrected chi connectivity index (χ2v) is 8.23. The lowest BCUT2D eigenvalue weighted by Crippen LogP contribution is -2.40. The molecular formula is C23H28N6O2. The zero-order chi connectivity index (χ0) is 22.0. The van der Waals surface area contributed by atoms with Crippen LogP contribution in [0.3, 0.4) is 0 Å². The first-order valence-corrected chi connectivity index (χ1v) is 10.6. The fraction of sp³-hybridized carbons (Fsp3) is 0.435. The van der Waals surface area contributed by atoms with Crippen LogP contribution >= 0.6 is 0 Å². The number of likely N-dealkylation sites (tertiary alicyclic amines) is 1. The number of carbonyl (C=O) groups is 1. The van der Waals surface area contributed by atoms with E-state index < -0.39 is 0 Å². The van der Waals surface area contributed by atoms with Gasteiger partial charge in [-0.3, -0.25) is 9.78 Å². The van der Waals surface area contributed by atoms with Gasteiger partial charge in [0.2, 0.25) is 11.9 Å². The lowest BCUT2D eigenvalue weighted by atomic mass is 9.93. The number of aromatic nitrogens is 4. The minimum atomic E-state index is 0.115. The molecule has 1 saturated heterocycles. The Morgan fingerprint density at radius 3 is 2.61 bits per heavy atom. The molecule has 1 amide bonds. The summed E-state index contributed by atoms with van der Waals surface area (Å²) in [5.74, 6) is 1.64. The van der Waals surface area contributed by atoms with E-state index in [0.29, 0.717) is 18.9 Å². The quantitative estimate of drug-likeness (QED) is 0.671. The average Bonchev–Trinajstić information content (AvgIpc) is 3.05. The van der Waals surface area contributed by atoms with Gasteiger partial charge in [-0.2, -0.15) is 0 Å². The maximum atomic E-state index is 12.9. The number of hydrogen-bond donors (Lipinski definition) is 1. The molecule has 1 aliphatic rings. The maximum Gasteiger partial charge on any atom is 0.227 e. The summed E-state index contributed by atoms with van der Waals surface area (Å²) in [4.78, 5) is 28.3. The van der Waals surface area contributed by atoms with Crippen molar-refractivity contribution in [2.45, 2.75) is 52.9 Å². The van der Waals surface area contributed by atoms with E-state index in [0.717, 1.165) is 59.2 Å². The Morgan fingerprint density at radius 2 is 1.97 bits per heavy atom. The van der Waals surface area contributed by atoms with Gasteiger partial charge in [0.15, 0.2) is 0 Å². The normalized spacial score (nSPS) is 16.4. The van der Waals surface area contributed by atoms with Crippen LogP contribution in [0.25, 0.3) is 0 Å². The summed E-state index contributed by atoms with van der Waals surface area (Å²) >= 11 is 0. The molecule has 8 heteroatoms. The van der Waals surface area contributed by atoms with Gasteiger partial charge in [-0.1, -0.05) is 5.16 Å². The molecule has 4 rings (SSSR count). The molecule has 0 saturated carbocycles. The summed E-state index contributed by atoms with van der Waals surface area (Å²) in [7, 11) is 0. The van der Waals surface area contributed by atoms with E-state index in [4.69, 9.17) is 4.52 Å². The highest BCUT2D eigenvalue weighted by atomic mass is 16.5. The molecule has 1 fully saturated rings. The number of nitrogens with one attached hydrogen (secondary N) is 1. The first kappa shape index (κ1) is 21.0. The number of carbonyl (C=O) groups excluding carboxylic acids is 1. The predicted molar refractivity (Wildman–Crippen MR) is 117 cm³/mol. The van der Waals surface area contributed by atoms with E-state index in [1.165, 1.54) is 0 Å². The highest BCUT2D eigenvalue weighted by Crippen LogP contribution is 2.27. The molecule has 3 aromatic rings. The number of rotatable bonds is 5. The summed E-state index contributed by atoms with van der Waals surface area (Å²) < 4.78 is 5.20. The maximum absolute atomic E-state index is 12.9. The number of anilines is 2. The fourth-order valence-corrected chi connectivity index (χ4v) is 4.09. The predicted octanol–water partition coefficient (Wildman–Crippen LogP) is 3.79. The Hall–Kier alpha value is -3.29. The topological polar surface area (TPSA) is 97.0 Å². The van der Waals surface area contributed by atoms with Crippen molar-refractivity contribution in [1.29, 1.82) is 0 Å². The van der Waals surface area contributed by atoms with Crippen molar-refractivity contribution >= 4 is 17.5 Å². The van der Waals surface area contributed by atoms with E-state index >= 15 is 0 Å². The number of pyridine rings is 1. The molecule has 0 aliphatic carbocycles. The Bertz CT molecular complexity index is 1040. The van der Waals surface area contributed by atoms with Crippen LogP contribution in [0, 0.1) is 27.7 Å². The van der Waals surface area contributed by atoms with Crippen LogP contribution in [-0.4, -0.2) is 44.0 Å². The van der Waals surface area contributed by atoms with Crippen molar-refractivity contribution < 1.29 is 9.32 Å². The van der Waals surface area contributed by atoms with Crippen molar-refractivity contribution in [1.82, 2.24) is 25.0 Å². The molecule has 4 heterocycles. The second kappa shape index (κ2) is 8.83. The lowest BCUT2D eigenvalue weighted by molar-refractivity contribution is -0.131. The molecule has 3 aromatic heterocycles. The van der Waals surface area contributed by atoms with Crippen molar-refractivity contribution in [3.05, 3.63) is 58.5 Å². The van der Waals surface area contributed by atoms with Crippen LogP contribution in [-0.2, 0) is 11.2 Å². The van der Waals surface area contributed by atoms with E-state index in [2.05, 4.69) is 25.4 Å². The Labute approximate surface area is 182 Å². The molecule has 0 unspecified atom stereocenters. The minimum absolute atomic E-state index is 0.115. The summed E-state index contributed by atoms with van der Waals surface area (Å²) in [6.45, 7) is 9.08. The zero-order valence-electron chi connectivity index (χ0n) is 18.5. The lowest BCUT2D eigenvalue weighted by Gasteiger charge is -2.32. The highest BCUT2D eigenvalue weighted by molar-refractivity contribution is 5.79. The van der Waals surface area contributed by atoms with Crippen molar-refractivity contribution in [3.8, 4) is 0 Å². The van der Waals surface area contributed by atoms with Crippen LogP contribution in [0.4, 0.5) is 11.6 Å². The molecular weight excluding hydrogens is 392 g/mol. The molecule has 0 aromatic carbocycles. The first-order chi connectivity index (χ1) is 14.9. The number of amides is 1. The van der Waals surface area contributed by atoms with Gasteiger partial charge in [-0.05, 0) is 58.7 Å². The minimum Gasteiger partial charge on any atom is -0.361 e. The third-order valence-corrected chi connectivity index (χ3v) is 5.73. The van der Waals surface area contributed by atoms with Crippen molar-refractivity contribution in [2.75, 3.05) is 18.4 Å². The van der Waals surface area contributed by atoms with Crippen LogP contribution in [0.2, 0.25) is 0 Å². The van der Waals surface area contributed by atoms with Gasteiger partial charge in [0.05, 0.1) is 24.0 Å². The Morgan fingerprint density at radius 1 is 1.19 bits per heavy atom. The molecule has 1 atom stereocenters. The van der Waals surface area contributed by atoms with E-state index in [1.807, 2.05) is 50.8 Å². The largest absolute Gasteiger partial charge is 0.361 e. The summed E-state index contributed by atoms with van der Waals surface area (Å²) in [6.07, 6.45) is 4.13. The van der Waals surface area contributed by atoms with E-state index in [1.54, 1.807) is 6.20 Å². The van der Waals surface area contributed by atoms with Gasteiger partial charge < -0.3 is 14.7 Å². The molecule has 0 radical (unpaired) electrons. The number of nitrogens with zero attached hydrogens (tertiary/aromatic N) is 5. The van der Waals surface area contributed by atoms with Crippen LogP contribution in [0.5, 0.6) is 0 Å². The van der Waals surface area contributed by atoms with Crippen molar-refractivity contribution in [3.63, 3.8) is 0 Å². The number of piperidine rings is 1. The number of aryl methyl sites for hydroxylation is 4. The Kier molecular flexibility index (Phi) is 5.97. The zero-order valence-corrected chi connectivity index (χ0v) is 18.5. The van der Waals surface area contributed by atoms with E-state index in [-0.39, 0.29) is 11.8 Å². The second-order valence-electron chi connectivity index (χ2n) is 8.23. The fourth-order valence-electron chi connectivity index (χ4n) is 4.09. The van der Waals surface area contributed by atoms with Gasteiger partial charge in [0, 0.05) is 41.7 Å². The standard InChI is InChI=1S/C23H28N6O2/c1-14-10-15(2)26-23(25-14)27-19-7-8-21(24-12-19)18-6-5-9-29(13-18)22(30)11-20-16(3)28-31-17(20)4/h7-8,10,12,18H,5-6,9,11,13H2,1-4H3,(H,25,26,27)/t18-/m1/s1. The van der Waals surface area contributed by atoms with E-state index in [9.17, 15) is 4.79 Å². The summed E-state index contributed by atoms with van der Waals surface area (Å²) in [5.41, 5.74) is 5.37. The third kappa shape index (κ3) is 4.90. The molecule has 1 N–H and O–H groups in total. The molecule has 31 heavy (non-hydrogen) atoms. The Balaban J connectivity index is 1.40. The first-order valence-electron chi connectivity index (χ1n) is 10.6.